The van der Waals surface area contributed by atoms with E-state index in [9.17, 15) is 4.79 Å². The van der Waals surface area contributed by atoms with Gasteiger partial charge in [-0.2, -0.15) is 0 Å². The SMILES string of the molecule is Cc1cc(NC(=O)NCC2CCC2)ccc1OC1CCOCC1. The monoisotopic (exact) mass is 318 g/mol. The molecule has 2 fully saturated rings. The summed E-state index contributed by atoms with van der Waals surface area (Å²) in [5, 5.41) is 5.83. The van der Waals surface area contributed by atoms with Crippen molar-refractivity contribution in [3.63, 3.8) is 0 Å². The van der Waals surface area contributed by atoms with Gasteiger partial charge in [-0.25, -0.2) is 4.79 Å². The highest BCUT2D eigenvalue weighted by molar-refractivity contribution is 5.89. The van der Waals surface area contributed by atoms with Gasteiger partial charge in [0.25, 0.3) is 0 Å². The molecule has 1 aliphatic carbocycles. The first-order chi connectivity index (χ1) is 11.2. The Hall–Kier alpha value is -1.75. The second-order valence-corrected chi connectivity index (χ2v) is 6.54. The molecule has 1 saturated carbocycles. The van der Waals surface area contributed by atoms with Crippen molar-refractivity contribution in [2.45, 2.75) is 45.1 Å². The van der Waals surface area contributed by atoms with Crippen LogP contribution < -0.4 is 15.4 Å². The summed E-state index contributed by atoms with van der Waals surface area (Å²) in [7, 11) is 0. The van der Waals surface area contributed by atoms with E-state index >= 15 is 0 Å². The van der Waals surface area contributed by atoms with E-state index in [1.54, 1.807) is 0 Å². The molecule has 0 spiro atoms. The molecule has 2 amide bonds. The highest BCUT2D eigenvalue weighted by Crippen LogP contribution is 2.26. The number of benzene rings is 1. The predicted molar refractivity (Wildman–Crippen MR) is 90.0 cm³/mol. The standard InChI is InChI=1S/C18H26N2O3/c1-13-11-15(20-18(21)19-12-14-3-2-4-14)5-6-17(13)23-16-7-9-22-10-8-16/h5-6,11,14,16H,2-4,7-10,12H2,1H3,(H2,19,20,21). The summed E-state index contributed by atoms with van der Waals surface area (Å²) in [6.45, 7) is 4.32. The lowest BCUT2D eigenvalue weighted by Gasteiger charge is -2.25. The molecule has 0 unspecified atom stereocenters. The number of nitrogens with one attached hydrogen (secondary N) is 2. The Balaban J connectivity index is 1.50. The fourth-order valence-electron chi connectivity index (χ4n) is 2.94. The van der Waals surface area contributed by atoms with Gasteiger partial charge >= 0.3 is 6.03 Å². The van der Waals surface area contributed by atoms with E-state index in [4.69, 9.17) is 9.47 Å². The van der Waals surface area contributed by atoms with Crippen LogP contribution in [0.15, 0.2) is 18.2 Å². The first-order valence-corrected chi connectivity index (χ1v) is 8.60. The summed E-state index contributed by atoms with van der Waals surface area (Å²) < 4.78 is 11.4. The minimum Gasteiger partial charge on any atom is -0.490 e. The maximum absolute atomic E-state index is 11.9. The van der Waals surface area contributed by atoms with Crippen molar-refractivity contribution in [3.05, 3.63) is 23.8 Å². The first kappa shape index (κ1) is 16.1. The number of amides is 2. The van der Waals surface area contributed by atoms with Crippen LogP contribution in [0, 0.1) is 12.8 Å². The number of rotatable bonds is 5. The third-order valence-corrected chi connectivity index (χ3v) is 4.67. The third kappa shape index (κ3) is 4.61. The second-order valence-electron chi connectivity index (χ2n) is 6.54. The fraction of sp³-hybridized carbons (Fsp3) is 0.611. The predicted octanol–water partition coefficient (Wildman–Crippen LogP) is 3.47. The van der Waals surface area contributed by atoms with Crippen molar-refractivity contribution in [2.24, 2.45) is 5.92 Å². The van der Waals surface area contributed by atoms with E-state index in [1.807, 2.05) is 25.1 Å². The summed E-state index contributed by atoms with van der Waals surface area (Å²) in [5.41, 5.74) is 1.83. The van der Waals surface area contributed by atoms with Gasteiger partial charge in [-0.15, -0.1) is 0 Å². The topological polar surface area (TPSA) is 59.6 Å². The fourth-order valence-corrected chi connectivity index (χ4v) is 2.94. The lowest BCUT2D eigenvalue weighted by atomic mass is 9.85. The molecule has 1 saturated heterocycles. The minimum atomic E-state index is -0.130. The van der Waals surface area contributed by atoms with Crippen LogP contribution in [-0.4, -0.2) is 31.9 Å². The minimum absolute atomic E-state index is 0.130. The number of carbonyl (C=O) groups excluding carboxylic acids is 1. The Labute approximate surface area is 137 Å². The van der Waals surface area contributed by atoms with Crippen LogP contribution in [0.1, 0.15) is 37.7 Å². The van der Waals surface area contributed by atoms with Crippen LogP contribution in [0.25, 0.3) is 0 Å². The van der Waals surface area contributed by atoms with Crippen molar-refractivity contribution in [2.75, 3.05) is 25.1 Å². The van der Waals surface area contributed by atoms with E-state index in [2.05, 4.69) is 10.6 Å². The Morgan fingerprint density at radius 3 is 2.70 bits per heavy atom. The van der Waals surface area contributed by atoms with Crippen LogP contribution in [0.4, 0.5) is 10.5 Å². The van der Waals surface area contributed by atoms with Crippen LogP contribution in [0.5, 0.6) is 5.75 Å². The number of urea groups is 1. The average molecular weight is 318 g/mol. The molecule has 1 aromatic carbocycles. The summed E-state index contributed by atoms with van der Waals surface area (Å²) in [6, 6.07) is 5.66. The molecule has 23 heavy (non-hydrogen) atoms. The van der Waals surface area contributed by atoms with E-state index in [1.165, 1.54) is 19.3 Å². The number of aryl methyl sites for hydroxylation is 1. The van der Waals surface area contributed by atoms with Gasteiger partial charge in [0.2, 0.25) is 0 Å². The van der Waals surface area contributed by atoms with E-state index in [-0.39, 0.29) is 12.1 Å². The molecule has 0 atom stereocenters. The van der Waals surface area contributed by atoms with Gasteiger partial charge in [-0.1, -0.05) is 6.42 Å². The number of hydrogen-bond acceptors (Lipinski definition) is 3. The molecule has 1 heterocycles. The Kier molecular flexibility index (Phi) is 5.39. The molecule has 2 N–H and O–H groups in total. The van der Waals surface area contributed by atoms with Crippen molar-refractivity contribution in [3.8, 4) is 5.75 Å². The van der Waals surface area contributed by atoms with Gasteiger partial charge in [0.15, 0.2) is 0 Å². The van der Waals surface area contributed by atoms with Crippen molar-refractivity contribution in [1.29, 1.82) is 0 Å². The summed E-state index contributed by atoms with van der Waals surface area (Å²) >= 11 is 0. The van der Waals surface area contributed by atoms with Crippen LogP contribution in [-0.2, 0) is 4.74 Å². The van der Waals surface area contributed by atoms with Gasteiger partial charge < -0.3 is 20.1 Å². The Bertz CT molecular complexity index is 537. The number of hydrogen-bond donors (Lipinski definition) is 2. The number of carbonyl (C=O) groups is 1. The molecular formula is C18H26N2O3. The maximum Gasteiger partial charge on any atom is 0.319 e. The Morgan fingerprint density at radius 2 is 2.04 bits per heavy atom. The molecule has 0 radical (unpaired) electrons. The molecule has 126 valence electrons. The van der Waals surface area contributed by atoms with Crippen LogP contribution >= 0.6 is 0 Å². The van der Waals surface area contributed by atoms with Crippen molar-refractivity contribution >= 4 is 11.7 Å². The van der Waals surface area contributed by atoms with E-state index in [0.29, 0.717) is 5.92 Å². The molecule has 0 bridgehead atoms. The van der Waals surface area contributed by atoms with Crippen LogP contribution in [0.2, 0.25) is 0 Å². The molecule has 5 nitrogen and oxygen atoms in total. The average Bonchev–Trinajstić information content (AvgIpc) is 2.49. The summed E-state index contributed by atoms with van der Waals surface area (Å²) in [6.07, 6.45) is 5.86. The van der Waals surface area contributed by atoms with E-state index < -0.39 is 0 Å². The number of anilines is 1. The zero-order valence-corrected chi connectivity index (χ0v) is 13.8. The van der Waals surface area contributed by atoms with Crippen LogP contribution in [0.3, 0.4) is 0 Å². The van der Waals surface area contributed by atoms with E-state index in [0.717, 1.165) is 49.6 Å². The molecule has 3 rings (SSSR count). The second kappa shape index (κ2) is 7.68. The third-order valence-electron chi connectivity index (χ3n) is 4.67. The maximum atomic E-state index is 11.9. The largest absolute Gasteiger partial charge is 0.490 e. The first-order valence-electron chi connectivity index (χ1n) is 8.60. The van der Waals surface area contributed by atoms with Gasteiger partial charge in [-0.3, -0.25) is 0 Å². The quantitative estimate of drug-likeness (QED) is 0.874. The zero-order chi connectivity index (χ0) is 16.1. The van der Waals surface area contributed by atoms with Gasteiger partial charge in [0, 0.05) is 25.1 Å². The van der Waals surface area contributed by atoms with Crippen molar-refractivity contribution in [1.82, 2.24) is 5.32 Å². The lowest BCUT2D eigenvalue weighted by molar-refractivity contribution is 0.0253. The molecule has 1 aliphatic heterocycles. The molecule has 0 aromatic heterocycles. The lowest BCUT2D eigenvalue weighted by Crippen LogP contribution is -2.35. The Morgan fingerprint density at radius 1 is 1.26 bits per heavy atom. The molecule has 5 heteroatoms. The smallest absolute Gasteiger partial charge is 0.319 e. The summed E-state index contributed by atoms with van der Waals surface area (Å²) in [5.74, 6) is 1.55. The molecule has 2 aliphatic rings. The van der Waals surface area contributed by atoms with Crippen molar-refractivity contribution < 1.29 is 14.3 Å². The highest BCUT2D eigenvalue weighted by Gasteiger charge is 2.18. The normalized spacial score (nSPS) is 19.0. The zero-order valence-electron chi connectivity index (χ0n) is 13.8. The highest BCUT2D eigenvalue weighted by atomic mass is 16.5. The van der Waals surface area contributed by atoms with Gasteiger partial charge in [-0.05, 0) is 49.4 Å². The summed E-state index contributed by atoms with van der Waals surface area (Å²) in [4.78, 5) is 11.9. The van der Waals surface area contributed by atoms with Gasteiger partial charge in [0.05, 0.1) is 13.2 Å². The number of ether oxygens (including phenoxy) is 2. The van der Waals surface area contributed by atoms with Gasteiger partial charge in [0.1, 0.15) is 11.9 Å². The molecule has 1 aromatic rings. The molecular weight excluding hydrogens is 292 g/mol.